The fourth-order valence-corrected chi connectivity index (χ4v) is 4.24. The van der Waals surface area contributed by atoms with E-state index in [1.165, 1.54) is 6.07 Å². The zero-order chi connectivity index (χ0) is 27.1. The molecule has 3 aromatic rings. The summed E-state index contributed by atoms with van der Waals surface area (Å²) in [5, 5.41) is 2.95. The highest BCUT2D eigenvalue weighted by molar-refractivity contribution is 6.62. The van der Waals surface area contributed by atoms with Crippen molar-refractivity contribution in [2.45, 2.75) is 58.0 Å². The largest absolute Gasteiger partial charge is 0.494 e. The van der Waals surface area contributed by atoms with Gasteiger partial charge in [-0.25, -0.2) is 4.39 Å². The van der Waals surface area contributed by atoms with Gasteiger partial charge < -0.3 is 14.6 Å². The minimum atomic E-state index is -0.669. The van der Waals surface area contributed by atoms with Crippen LogP contribution in [-0.2, 0) is 14.1 Å². The average Bonchev–Trinajstić information content (AvgIpc) is 3.47. The lowest BCUT2D eigenvalue weighted by Crippen LogP contribution is -2.41. The van der Waals surface area contributed by atoms with Crippen LogP contribution < -0.4 is 16.3 Å². The first-order chi connectivity index (χ1) is 18.0. The maximum atomic E-state index is 13.4. The second kappa shape index (κ2) is 9.94. The van der Waals surface area contributed by atoms with Gasteiger partial charge in [0.25, 0.3) is 5.91 Å². The van der Waals surface area contributed by atoms with E-state index < -0.39 is 30.2 Å². The molecule has 1 amide bonds. The Kier molecular flexibility index (Phi) is 6.81. The van der Waals surface area contributed by atoms with Crippen LogP contribution in [0.5, 0.6) is 0 Å². The first-order valence-electron chi connectivity index (χ1n) is 12.5. The van der Waals surface area contributed by atoms with Gasteiger partial charge in [-0.3, -0.25) is 25.1 Å². The molecule has 0 spiro atoms. The standard InChI is InChI=1S/C28H30BFN4O4/c1-17(22-10-9-21(30)16-32-22)33-26(35)19-12-18(24-15-25(36-34-24)23-8-6-7-11-31-23)13-20(14-19)29-37-27(2,3)28(4,5)38-29/h6-17,25,34H,1-5H3,(H,33,35). The SMILES string of the molecule is CC(NC(=O)c1cc(B2OC(C)(C)C(C)(C)O2)cc(C2=CC(c3ccccn3)ON2)c1)c1ccc(F)cn1. The van der Waals surface area contributed by atoms with E-state index in [1.807, 2.05) is 58.0 Å². The number of carbonyl (C=O) groups is 1. The molecule has 1 fully saturated rings. The van der Waals surface area contributed by atoms with Gasteiger partial charge in [0.15, 0.2) is 0 Å². The van der Waals surface area contributed by atoms with Crippen molar-refractivity contribution in [3.05, 3.63) is 95.3 Å². The van der Waals surface area contributed by atoms with E-state index in [-0.39, 0.29) is 12.0 Å². The highest BCUT2D eigenvalue weighted by atomic mass is 19.1. The summed E-state index contributed by atoms with van der Waals surface area (Å²) >= 11 is 0. The molecular formula is C28H30BFN4O4. The number of hydroxylamine groups is 1. The highest BCUT2D eigenvalue weighted by Crippen LogP contribution is 2.37. The maximum absolute atomic E-state index is 13.4. The van der Waals surface area contributed by atoms with Crippen LogP contribution in [0.2, 0.25) is 0 Å². The van der Waals surface area contributed by atoms with E-state index >= 15 is 0 Å². The van der Waals surface area contributed by atoms with Gasteiger partial charge in [0, 0.05) is 17.3 Å². The summed E-state index contributed by atoms with van der Waals surface area (Å²) < 4.78 is 25.9. The van der Waals surface area contributed by atoms with Crippen molar-refractivity contribution in [2.24, 2.45) is 0 Å². The smallest absolute Gasteiger partial charge is 0.399 e. The second-order valence-corrected chi connectivity index (χ2v) is 10.5. The molecule has 10 heteroatoms. The topological polar surface area (TPSA) is 94.6 Å². The molecule has 0 radical (unpaired) electrons. The number of rotatable bonds is 6. The number of hydrogen-bond donors (Lipinski definition) is 2. The van der Waals surface area contributed by atoms with E-state index in [9.17, 15) is 9.18 Å². The third-order valence-corrected chi connectivity index (χ3v) is 7.19. The Labute approximate surface area is 221 Å². The lowest BCUT2D eigenvalue weighted by molar-refractivity contribution is 0.00578. The van der Waals surface area contributed by atoms with E-state index in [4.69, 9.17) is 14.1 Å². The normalized spacial score (nSPS) is 20.5. The first kappa shape index (κ1) is 26.0. The Morgan fingerprint density at radius 2 is 1.84 bits per heavy atom. The Hall–Kier alpha value is -3.60. The third kappa shape index (κ3) is 5.20. The molecule has 1 aromatic carbocycles. The summed E-state index contributed by atoms with van der Waals surface area (Å²) in [7, 11) is -0.669. The summed E-state index contributed by atoms with van der Waals surface area (Å²) in [4.78, 5) is 27.6. The zero-order valence-corrected chi connectivity index (χ0v) is 22.0. The molecule has 2 aliphatic heterocycles. The number of amides is 1. The van der Waals surface area contributed by atoms with Crippen LogP contribution in [0.1, 0.15) is 74.1 Å². The molecule has 2 atom stereocenters. The molecule has 5 rings (SSSR count). The van der Waals surface area contributed by atoms with Crippen LogP contribution in [0.15, 0.2) is 67.0 Å². The van der Waals surface area contributed by atoms with Gasteiger partial charge in [0.05, 0.1) is 40.5 Å². The highest BCUT2D eigenvalue weighted by Gasteiger charge is 2.52. The van der Waals surface area contributed by atoms with Crippen molar-refractivity contribution in [3.63, 3.8) is 0 Å². The van der Waals surface area contributed by atoms with E-state index in [0.717, 1.165) is 17.5 Å². The lowest BCUT2D eigenvalue weighted by Gasteiger charge is -2.32. The van der Waals surface area contributed by atoms with Gasteiger partial charge in [0.1, 0.15) is 11.9 Å². The predicted molar refractivity (Wildman–Crippen MR) is 141 cm³/mol. The van der Waals surface area contributed by atoms with Gasteiger partial charge in [-0.1, -0.05) is 12.1 Å². The molecule has 1 saturated heterocycles. The Bertz CT molecular complexity index is 1350. The third-order valence-electron chi connectivity index (χ3n) is 7.19. The Balaban J connectivity index is 1.48. The molecule has 2 aromatic heterocycles. The molecule has 0 bridgehead atoms. The minimum absolute atomic E-state index is 0.316. The molecule has 2 aliphatic rings. The monoisotopic (exact) mass is 516 g/mol. The van der Waals surface area contributed by atoms with Crippen molar-refractivity contribution in [1.82, 2.24) is 20.8 Å². The first-order valence-corrected chi connectivity index (χ1v) is 12.5. The Morgan fingerprint density at radius 1 is 1.08 bits per heavy atom. The number of halogens is 1. The van der Waals surface area contributed by atoms with Crippen LogP contribution in [0, 0.1) is 5.82 Å². The van der Waals surface area contributed by atoms with Crippen LogP contribution >= 0.6 is 0 Å². The quantitative estimate of drug-likeness (QED) is 0.478. The van der Waals surface area contributed by atoms with E-state index in [0.29, 0.717) is 22.4 Å². The van der Waals surface area contributed by atoms with Gasteiger partial charge in [-0.2, -0.15) is 0 Å². The number of pyridine rings is 2. The predicted octanol–water partition coefficient (Wildman–Crippen LogP) is 4.02. The fourth-order valence-electron chi connectivity index (χ4n) is 4.24. The lowest BCUT2D eigenvalue weighted by atomic mass is 9.77. The summed E-state index contributed by atoms with van der Waals surface area (Å²) in [6.07, 6.45) is 4.38. The molecule has 0 saturated carbocycles. The van der Waals surface area contributed by atoms with Crippen molar-refractivity contribution in [3.8, 4) is 0 Å². The van der Waals surface area contributed by atoms with E-state index in [2.05, 4.69) is 20.8 Å². The van der Waals surface area contributed by atoms with Gasteiger partial charge >= 0.3 is 7.12 Å². The number of hydrogen-bond acceptors (Lipinski definition) is 7. The van der Waals surface area contributed by atoms with Crippen molar-refractivity contribution >= 4 is 24.2 Å². The van der Waals surface area contributed by atoms with E-state index in [1.54, 1.807) is 31.3 Å². The van der Waals surface area contributed by atoms with Gasteiger partial charge in [-0.15, -0.1) is 0 Å². The van der Waals surface area contributed by atoms with Crippen molar-refractivity contribution < 1.29 is 23.3 Å². The molecule has 8 nitrogen and oxygen atoms in total. The number of nitrogens with one attached hydrogen (secondary N) is 2. The molecule has 0 aliphatic carbocycles. The van der Waals surface area contributed by atoms with Gasteiger partial charge in [-0.05, 0) is 82.6 Å². The molecular weight excluding hydrogens is 486 g/mol. The maximum Gasteiger partial charge on any atom is 0.494 e. The van der Waals surface area contributed by atoms with Crippen LogP contribution in [0.3, 0.4) is 0 Å². The molecule has 2 unspecified atom stereocenters. The second-order valence-electron chi connectivity index (χ2n) is 10.5. The molecule has 2 N–H and O–H groups in total. The minimum Gasteiger partial charge on any atom is -0.399 e. The van der Waals surface area contributed by atoms with Crippen molar-refractivity contribution in [1.29, 1.82) is 0 Å². The Morgan fingerprint density at radius 3 is 2.50 bits per heavy atom. The summed E-state index contributed by atoms with van der Waals surface area (Å²) in [6.45, 7) is 9.72. The summed E-state index contributed by atoms with van der Waals surface area (Å²) in [6, 6.07) is 13.5. The van der Waals surface area contributed by atoms with Crippen LogP contribution in [0.25, 0.3) is 5.70 Å². The van der Waals surface area contributed by atoms with Crippen molar-refractivity contribution in [2.75, 3.05) is 0 Å². The average molecular weight is 516 g/mol. The molecule has 196 valence electrons. The number of benzene rings is 1. The summed E-state index contributed by atoms with van der Waals surface area (Å²) in [5.41, 5.74) is 5.72. The fraction of sp³-hybridized carbons (Fsp3) is 0.321. The number of carbonyl (C=O) groups excluding carboxylic acids is 1. The number of nitrogens with zero attached hydrogens (tertiary/aromatic N) is 2. The molecule has 4 heterocycles. The summed E-state index contributed by atoms with van der Waals surface area (Å²) in [5.74, 6) is -0.750. The van der Waals surface area contributed by atoms with Crippen LogP contribution in [-0.4, -0.2) is 34.2 Å². The van der Waals surface area contributed by atoms with Gasteiger partial charge in [0.2, 0.25) is 0 Å². The number of aromatic nitrogens is 2. The van der Waals surface area contributed by atoms with Crippen LogP contribution in [0.4, 0.5) is 4.39 Å². The molecule has 38 heavy (non-hydrogen) atoms. The zero-order valence-electron chi connectivity index (χ0n) is 22.0.